The van der Waals surface area contributed by atoms with E-state index < -0.39 is 10.0 Å². The van der Waals surface area contributed by atoms with Crippen molar-refractivity contribution in [2.24, 2.45) is 0 Å². The Labute approximate surface area is 114 Å². The van der Waals surface area contributed by atoms with Crippen LogP contribution in [-0.2, 0) is 16.6 Å². The van der Waals surface area contributed by atoms with Crippen LogP contribution >= 0.6 is 0 Å². The number of nitrogens with zero attached hydrogens (tertiary/aromatic N) is 1. The van der Waals surface area contributed by atoms with Crippen molar-refractivity contribution in [2.75, 3.05) is 27.2 Å². The molecule has 108 valence electrons. The van der Waals surface area contributed by atoms with Crippen LogP contribution in [0.25, 0.3) is 0 Å². The largest absolute Gasteiger partial charge is 0.447 e. The lowest BCUT2D eigenvalue weighted by molar-refractivity contribution is 0.295. The lowest BCUT2D eigenvalue weighted by Crippen LogP contribution is -2.35. The highest BCUT2D eigenvalue weighted by Gasteiger charge is 2.20. The summed E-state index contributed by atoms with van der Waals surface area (Å²) in [6.07, 6.45) is 2.45. The quantitative estimate of drug-likeness (QED) is 0.791. The molecule has 1 aliphatic heterocycles. The molecule has 0 aliphatic carbocycles. The second kappa shape index (κ2) is 6.04. The smallest absolute Gasteiger partial charge is 0.273 e. The Hall–Kier alpha value is -0.890. The molecule has 0 bridgehead atoms. The van der Waals surface area contributed by atoms with Gasteiger partial charge in [-0.1, -0.05) is 0 Å². The molecule has 2 heterocycles. The summed E-state index contributed by atoms with van der Waals surface area (Å²) in [5.41, 5.74) is 0. The van der Waals surface area contributed by atoms with Gasteiger partial charge < -0.3 is 14.6 Å². The van der Waals surface area contributed by atoms with Gasteiger partial charge in [-0.3, -0.25) is 0 Å². The molecule has 0 radical (unpaired) electrons. The van der Waals surface area contributed by atoms with Gasteiger partial charge in [-0.2, -0.15) is 0 Å². The third-order valence-electron chi connectivity index (χ3n) is 3.52. The molecule has 1 aliphatic rings. The van der Waals surface area contributed by atoms with Gasteiger partial charge in [0, 0.05) is 12.6 Å². The molecule has 1 aromatic heterocycles. The first kappa shape index (κ1) is 14.5. The second-order valence-electron chi connectivity index (χ2n) is 4.84. The summed E-state index contributed by atoms with van der Waals surface area (Å²) in [5, 5.41) is 3.27. The van der Waals surface area contributed by atoms with Crippen LogP contribution in [0.15, 0.2) is 21.6 Å². The van der Waals surface area contributed by atoms with Crippen molar-refractivity contribution >= 4 is 10.0 Å². The minimum absolute atomic E-state index is 0.0372. The molecule has 7 heteroatoms. The number of likely N-dealkylation sites (tertiary alicyclic amines) is 1. The molecule has 1 atom stereocenters. The van der Waals surface area contributed by atoms with Crippen LogP contribution in [0.5, 0.6) is 0 Å². The van der Waals surface area contributed by atoms with Gasteiger partial charge in [-0.05, 0) is 45.6 Å². The van der Waals surface area contributed by atoms with E-state index in [-0.39, 0.29) is 5.09 Å². The van der Waals surface area contributed by atoms with Gasteiger partial charge in [-0.25, -0.2) is 13.1 Å². The van der Waals surface area contributed by atoms with Gasteiger partial charge in [0.2, 0.25) is 5.09 Å². The summed E-state index contributed by atoms with van der Waals surface area (Å²) < 4.78 is 30.5. The van der Waals surface area contributed by atoms with E-state index in [2.05, 4.69) is 22.0 Å². The third kappa shape index (κ3) is 3.56. The Morgan fingerprint density at radius 3 is 2.89 bits per heavy atom. The van der Waals surface area contributed by atoms with Gasteiger partial charge >= 0.3 is 0 Å². The van der Waals surface area contributed by atoms with Crippen LogP contribution in [0.2, 0.25) is 0 Å². The summed E-state index contributed by atoms with van der Waals surface area (Å²) in [4.78, 5) is 2.34. The molecule has 19 heavy (non-hydrogen) atoms. The zero-order valence-corrected chi connectivity index (χ0v) is 12.2. The number of sulfonamides is 1. The Morgan fingerprint density at radius 1 is 1.47 bits per heavy atom. The van der Waals surface area contributed by atoms with Gasteiger partial charge in [0.1, 0.15) is 5.76 Å². The number of furan rings is 1. The predicted octanol–water partition coefficient (Wildman–Crippen LogP) is 0.372. The minimum Gasteiger partial charge on any atom is -0.447 e. The minimum atomic E-state index is -3.48. The highest BCUT2D eigenvalue weighted by molar-refractivity contribution is 7.89. The van der Waals surface area contributed by atoms with Crippen molar-refractivity contribution in [3.05, 3.63) is 17.9 Å². The van der Waals surface area contributed by atoms with Crippen LogP contribution < -0.4 is 10.0 Å². The zero-order chi connectivity index (χ0) is 13.9. The summed E-state index contributed by atoms with van der Waals surface area (Å²) in [6.45, 7) is 2.59. The van der Waals surface area contributed by atoms with Crippen LogP contribution in [0.4, 0.5) is 0 Å². The normalized spacial score (nSPS) is 21.1. The number of rotatable bonds is 6. The van der Waals surface area contributed by atoms with E-state index in [4.69, 9.17) is 4.42 Å². The maximum absolute atomic E-state index is 11.5. The van der Waals surface area contributed by atoms with Gasteiger partial charge in [0.25, 0.3) is 10.0 Å². The molecule has 0 saturated carbocycles. The van der Waals surface area contributed by atoms with Crippen LogP contribution in [0.1, 0.15) is 18.6 Å². The van der Waals surface area contributed by atoms with Crippen molar-refractivity contribution in [3.8, 4) is 0 Å². The number of nitrogens with one attached hydrogen (secondary N) is 2. The maximum Gasteiger partial charge on any atom is 0.273 e. The van der Waals surface area contributed by atoms with E-state index in [1.54, 1.807) is 6.07 Å². The monoisotopic (exact) mass is 287 g/mol. The van der Waals surface area contributed by atoms with Gasteiger partial charge in [0.15, 0.2) is 0 Å². The molecular formula is C12H21N3O3S. The SMILES string of the molecule is CNS(=O)(=O)c1ccc(CNCC2CCCN2C)o1. The standard InChI is InChI=1S/C12H21N3O3S/c1-13-19(16,17)12-6-5-11(18-12)9-14-8-10-4-3-7-15(10)2/h5-6,10,13-14H,3-4,7-9H2,1-2H3. The lowest BCUT2D eigenvalue weighted by atomic mass is 10.2. The number of hydrogen-bond donors (Lipinski definition) is 2. The van der Waals surface area contributed by atoms with E-state index in [9.17, 15) is 8.42 Å². The Balaban J connectivity index is 1.84. The zero-order valence-electron chi connectivity index (χ0n) is 11.3. The fourth-order valence-electron chi connectivity index (χ4n) is 2.30. The van der Waals surface area contributed by atoms with Crippen LogP contribution in [-0.4, -0.2) is 46.5 Å². The molecule has 0 aromatic carbocycles. The fourth-order valence-corrected chi connectivity index (χ4v) is 2.96. The van der Waals surface area contributed by atoms with E-state index in [0.29, 0.717) is 18.3 Å². The summed E-state index contributed by atoms with van der Waals surface area (Å²) in [6, 6.07) is 3.73. The van der Waals surface area contributed by atoms with Crippen molar-refractivity contribution < 1.29 is 12.8 Å². The van der Waals surface area contributed by atoms with E-state index in [1.807, 2.05) is 0 Å². The van der Waals surface area contributed by atoms with Crippen molar-refractivity contribution in [1.82, 2.24) is 14.9 Å². The van der Waals surface area contributed by atoms with Crippen molar-refractivity contribution in [1.29, 1.82) is 0 Å². The average molecular weight is 287 g/mol. The highest BCUT2D eigenvalue weighted by Crippen LogP contribution is 2.15. The van der Waals surface area contributed by atoms with Crippen molar-refractivity contribution in [2.45, 2.75) is 30.5 Å². The van der Waals surface area contributed by atoms with Crippen LogP contribution in [0, 0.1) is 0 Å². The first-order valence-electron chi connectivity index (χ1n) is 6.46. The molecule has 0 spiro atoms. The van der Waals surface area contributed by atoms with Gasteiger partial charge in [0.05, 0.1) is 6.54 Å². The van der Waals surface area contributed by atoms with E-state index >= 15 is 0 Å². The summed E-state index contributed by atoms with van der Waals surface area (Å²) >= 11 is 0. The molecule has 6 nitrogen and oxygen atoms in total. The third-order valence-corrected chi connectivity index (χ3v) is 4.81. The topological polar surface area (TPSA) is 74.6 Å². The lowest BCUT2D eigenvalue weighted by Gasteiger charge is -2.19. The Bertz CT molecular complexity index is 512. The molecular weight excluding hydrogens is 266 g/mol. The molecule has 2 rings (SSSR count). The molecule has 1 aromatic rings. The molecule has 0 amide bonds. The first-order valence-corrected chi connectivity index (χ1v) is 7.94. The molecule has 1 unspecified atom stereocenters. The number of likely N-dealkylation sites (N-methyl/N-ethyl adjacent to an activating group) is 1. The molecule has 1 fully saturated rings. The highest BCUT2D eigenvalue weighted by atomic mass is 32.2. The van der Waals surface area contributed by atoms with Crippen LogP contribution in [0.3, 0.4) is 0 Å². The Morgan fingerprint density at radius 2 is 2.26 bits per heavy atom. The first-order chi connectivity index (χ1) is 9.03. The van der Waals surface area contributed by atoms with Gasteiger partial charge in [-0.15, -0.1) is 0 Å². The predicted molar refractivity (Wildman–Crippen MR) is 72.3 cm³/mol. The molecule has 2 N–H and O–H groups in total. The summed E-state index contributed by atoms with van der Waals surface area (Å²) in [7, 11) is 0.0161. The van der Waals surface area contributed by atoms with E-state index in [1.165, 1.54) is 26.0 Å². The maximum atomic E-state index is 11.5. The molecule has 1 saturated heterocycles. The number of hydrogen-bond acceptors (Lipinski definition) is 5. The Kier molecular flexibility index (Phi) is 4.62. The van der Waals surface area contributed by atoms with E-state index in [0.717, 1.165) is 13.1 Å². The van der Waals surface area contributed by atoms with Crippen molar-refractivity contribution in [3.63, 3.8) is 0 Å². The summed E-state index contributed by atoms with van der Waals surface area (Å²) in [5.74, 6) is 0.634. The second-order valence-corrected chi connectivity index (χ2v) is 6.65. The fraction of sp³-hybridized carbons (Fsp3) is 0.667. The average Bonchev–Trinajstić information content (AvgIpc) is 3.00.